The van der Waals surface area contributed by atoms with E-state index in [9.17, 15) is 10.1 Å². The molecule has 7 nitrogen and oxygen atoms in total. The lowest BCUT2D eigenvalue weighted by Gasteiger charge is -2.14. The van der Waals surface area contributed by atoms with Crippen molar-refractivity contribution in [3.8, 4) is 0 Å². The van der Waals surface area contributed by atoms with Gasteiger partial charge in [0.25, 0.3) is 0 Å². The molecule has 2 N–H and O–H groups in total. The highest BCUT2D eigenvalue weighted by molar-refractivity contribution is 8.00. The topological polar surface area (TPSA) is 93.0 Å². The first-order chi connectivity index (χ1) is 9.10. The van der Waals surface area contributed by atoms with Crippen LogP contribution in [0.3, 0.4) is 0 Å². The van der Waals surface area contributed by atoms with Crippen LogP contribution in [-0.4, -0.2) is 39.0 Å². The van der Waals surface area contributed by atoms with E-state index in [4.69, 9.17) is 0 Å². The number of anilines is 2. The number of hydrogen-bond donors (Lipinski definition) is 2. The Kier molecular flexibility index (Phi) is 4.08. The Morgan fingerprint density at radius 3 is 2.79 bits per heavy atom. The quantitative estimate of drug-likeness (QED) is 0.584. The number of rotatable bonds is 7. The lowest BCUT2D eigenvalue weighted by molar-refractivity contribution is -0.384. The van der Waals surface area contributed by atoms with Gasteiger partial charge in [0.15, 0.2) is 0 Å². The summed E-state index contributed by atoms with van der Waals surface area (Å²) in [7, 11) is 0. The lowest BCUT2D eigenvalue weighted by atomic mass is 10.4. The predicted molar refractivity (Wildman–Crippen MR) is 76.8 cm³/mol. The van der Waals surface area contributed by atoms with E-state index < -0.39 is 4.92 Å². The van der Waals surface area contributed by atoms with E-state index in [1.165, 1.54) is 6.20 Å². The summed E-state index contributed by atoms with van der Waals surface area (Å²) in [5, 5.41) is 17.0. The van der Waals surface area contributed by atoms with Gasteiger partial charge >= 0.3 is 5.69 Å². The summed E-state index contributed by atoms with van der Waals surface area (Å²) in [5.74, 6) is 0.695. The van der Waals surface area contributed by atoms with Crippen LogP contribution in [0, 0.1) is 10.1 Å². The fourth-order valence-electron chi connectivity index (χ4n) is 1.72. The molecular weight excluding hydrogens is 266 g/mol. The molecule has 0 aliphatic heterocycles. The molecule has 1 heterocycles. The highest BCUT2D eigenvalue weighted by atomic mass is 32.2. The van der Waals surface area contributed by atoms with Crippen LogP contribution < -0.4 is 10.6 Å². The van der Waals surface area contributed by atoms with Crippen LogP contribution >= 0.6 is 11.8 Å². The van der Waals surface area contributed by atoms with Crippen LogP contribution in [0.2, 0.25) is 0 Å². The van der Waals surface area contributed by atoms with Crippen LogP contribution in [0.15, 0.2) is 6.20 Å². The molecule has 0 unspecified atom stereocenters. The molecule has 0 saturated heterocycles. The average molecular weight is 283 g/mol. The van der Waals surface area contributed by atoms with Gasteiger partial charge in [-0.2, -0.15) is 16.7 Å². The van der Waals surface area contributed by atoms with Gasteiger partial charge in [-0.05, 0) is 26.0 Å². The maximum absolute atomic E-state index is 11.0. The van der Waals surface area contributed by atoms with Crippen molar-refractivity contribution in [2.24, 2.45) is 0 Å². The van der Waals surface area contributed by atoms with Gasteiger partial charge in [-0.25, -0.2) is 4.98 Å². The fraction of sp³-hybridized carbons (Fsp3) is 0.636. The summed E-state index contributed by atoms with van der Waals surface area (Å²) in [6.45, 7) is 3.29. The molecule has 8 heteroatoms. The minimum Gasteiger partial charge on any atom is -0.363 e. The van der Waals surface area contributed by atoms with E-state index in [1.807, 2.05) is 6.92 Å². The second-order valence-corrected chi connectivity index (χ2v) is 5.73. The number of nitrogens with one attached hydrogen (secondary N) is 2. The Hall–Kier alpha value is -1.57. The molecule has 1 aliphatic carbocycles. The summed E-state index contributed by atoms with van der Waals surface area (Å²) in [6.07, 6.45) is 5.58. The molecule has 0 radical (unpaired) electrons. The highest BCUT2D eigenvalue weighted by Gasteiger charge is 2.42. The summed E-state index contributed by atoms with van der Waals surface area (Å²) in [4.78, 5) is 18.6. The lowest BCUT2D eigenvalue weighted by Crippen LogP contribution is -2.19. The van der Waals surface area contributed by atoms with E-state index in [2.05, 4.69) is 26.9 Å². The van der Waals surface area contributed by atoms with Crippen LogP contribution in [-0.2, 0) is 0 Å². The van der Waals surface area contributed by atoms with Gasteiger partial charge in [0.1, 0.15) is 6.20 Å². The van der Waals surface area contributed by atoms with Gasteiger partial charge < -0.3 is 10.6 Å². The Morgan fingerprint density at radius 2 is 2.26 bits per heavy atom. The van der Waals surface area contributed by atoms with Gasteiger partial charge in [-0.1, -0.05) is 0 Å². The largest absolute Gasteiger partial charge is 0.363 e. The van der Waals surface area contributed by atoms with Crippen molar-refractivity contribution in [3.63, 3.8) is 0 Å². The third-order valence-electron chi connectivity index (χ3n) is 3.12. The molecule has 2 rings (SSSR count). The minimum absolute atomic E-state index is 0.0847. The molecule has 1 fully saturated rings. The second kappa shape index (κ2) is 5.60. The van der Waals surface area contributed by atoms with Gasteiger partial charge in [0.05, 0.1) is 4.92 Å². The number of hydrogen-bond acceptors (Lipinski definition) is 7. The van der Waals surface area contributed by atoms with Crippen molar-refractivity contribution in [1.29, 1.82) is 0 Å². The Bertz CT molecular complexity index is 478. The zero-order chi connectivity index (χ0) is 13.9. The second-order valence-electron chi connectivity index (χ2n) is 4.46. The van der Waals surface area contributed by atoms with Crippen LogP contribution in [0.25, 0.3) is 0 Å². The predicted octanol–water partition coefficient (Wildman–Crippen LogP) is 2.12. The zero-order valence-electron chi connectivity index (χ0n) is 11.0. The molecule has 0 aromatic carbocycles. The Balaban J connectivity index is 2.15. The zero-order valence-corrected chi connectivity index (χ0v) is 11.8. The molecule has 1 aliphatic rings. The van der Waals surface area contributed by atoms with Crippen LogP contribution in [0.1, 0.15) is 19.8 Å². The van der Waals surface area contributed by atoms with Gasteiger partial charge in [-0.3, -0.25) is 10.1 Å². The van der Waals surface area contributed by atoms with Crippen molar-refractivity contribution in [1.82, 2.24) is 9.97 Å². The van der Waals surface area contributed by atoms with Gasteiger partial charge in [0.2, 0.25) is 11.8 Å². The fourth-order valence-corrected chi connectivity index (χ4v) is 2.45. The van der Waals surface area contributed by atoms with Gasteiger partial charge in [-0.15, -0.1) is 0 Å². The first kappa shape index (κ1) is 13.9. The third kappa shape index (κ3) is 3.25. The number of nitrogens with zero attached hydrogens (tertiary/aromatic N) is 3. The third-order valence-corrected chi connectivity index (χ3v) is 4.54. The Morgan fingerprint density at radius 1 is 1.53 bits per heavy atom. The van der Waals surface area contributed by atoms with E-state index in [0.717, 1.165) is 12.8 Å². The van der Waals surface area contributed by atoms with Crippen molar-refractivity contribution in [2.45, 2.75) is 24.5 Å². The number of thioether (sulfide) groups is 1. The molecule has 1 aromatic heterocycles. The Labute approximate surface area is 115 Å². The molecule has 0 amide bonds. The van der Waals surface area contributed by atoms with Crippen molar-refractivity contribution in [2.75, 3.05) is 30.0 Å². The SMILES string of the molecule is CCNc1ncc([N+](=O)[O-])c(NCC2(SC)CC2)n1. The summed E-state index contributed by atoms with van der Waals surface area (Å²) >= 11 is 1.79. The van der Waals surface area contributed by atoms with E-state index in [0.29, 0.717) is 19.0 Å². The number of nitro groups is 1. The monoisotopic (exact) mass is 283 g/mol. The maximum atomic E-state index is 11.0. The standard InChI is InChI=1S/C11H17N5O2S/c1-3-12-10-13-6-8(16(17)18)9(15-10)14-7-11(19-2)4-5-11/h6H,3-5,7H2,1-2H3,(H2,12,13,14,15). The molecule has 1 saturated carbocycles. The van der Waals surface area contributed by atoms with Crippen LogP contribution in [0.4, 0.5) is 17.5 Å². The molecule has 104 valence electrons. The van der Waals surface area contributed by atoms with Crippen molar-refractivity contribution >= 4 is 29.2 Å². The molecule has 0 atom stereocenters. The van der Waals surface area contributed by atoms with Crippen molar-refractivity contribution in [3.05, 3.63) is 16.3 Å². The molecule has 19 heavy (non-hydrogen) atoms. The van der Waals surface area contributed by atoms with E-state index in [1.54, 1.807) is 11.8 Å². The summed E-state index contributed by atoms with van der Waals surface area (Å²) < 4.78 is 0.219. The van der Waals surface area contributed by atoms with Gasteiger partial charge in [0, 0.05) is 17.8 Å². The molecular formula is C11H17N5O2S. The van der Waals surface area contributed by atoms with Crippen LogP contribution in [0.5, 0.6) is 0 Å². The first-order valence-electron chi connectivity index (χ1n) is 6.14. The normalized spacial score (nSPS) is 15.9. The molecule has 0 spiro atoms. The minimum atomic E-state index is -0.462. The van der Waals surface area contributed by atoms with E-state index in [-0.39, 0.29) is 16.3 Å². The number of aromatic nitrogens is 2. The van der Waals surface area contributed by atoms with E-state index >= 15 is 0 Å². The molecule has 1 aromatic rings. The molecule has 0 bridgehead atoms. The smallest absolute Gasteiger partial charge is 0.329 e. The summed E-state index contributed by atoms with van der Waals surface area (Å²) in [5.41, 5.74) is -0.0847. The summed E-state index contributed by atoms with van der Waals surface area (Å²) in [6, 6.07) is 0. The highest BCUT2D eigenvalue weighted by Crippen LogP contribution is 2.47. The first-order valence-corrected chi connectivity index (χ1v) is 7.37. The van der Waals surface area contributed by atoms with Crippen molar-refractivity contribution < 1.29 is 4.92 Å². The maximum Gasteiger partial charge on any atom is 0.329 e. The average Bonchev–Trinajstić information content (AvgIpc) is 3.17.